The zero-order valence-corrected chi connectivity index (χ0v) is 26.3. The van der Waals surface area contributed by atoms with E-state index < -0.39 is 17.7 Å². The monoisotopic (exact) mass is 663 g/mol. The van der Waals surface area contributed by atoms with E-state index in [1.54, 1.807) is 72.1 Å². The van der Waals surface area contributed by atoms with E-state index >= 15 is 0 Å². The first-order valence-electron chi connectivity index (χ1n) is 13.3. The summed E-state index contributed by atoms with van der Waals surface area (Å²) in [6.45, 7) is 5.72. The molecule has 1 N–H and O–H groups in total. The number of fused-ring (bicyclic) bond motifs is 1. The van der Waals surface area contributed by atoms with E-state index in [2.05, 4.69) is 21.8 Å². The lowest BCUT2D eigenvalue weighted by Gasteiger charge is -2.22. The number of anilines is 1. The van der Waals surface area contributed by atoms with Crippen LogP contribution in [-0.2, 0) is 15.3 Å². The maximum absolute atomic E-state index is 13.7. The maximum Gasteiger partial charge on any atom is 0.301 e. The quantitative estimate of drug-likeness (QED) is 0.0437. The fourth-order valence-electron chi connectivity index (χ4n) is 4.91. The molecule has 0 radical (unpaired) electrons. The Morgan fingerprint density at radius 2 is 1.93 bits per heavy atom. The number of amides is 1. The lowest BCUT2D eigenvalue weighted by molar-refractivity contribution is -0.132. The molecule has 2 aromatic carbocycles. The first kappa shape index (κ1) is 29.9. The number of Topliss-reactive ketones (excluding diaryl/α,β-unsaturated/α-hetero) is 1. The molecule has 1 saturated heterocycles. The predicted octanol–water partition coefficient (Wildman–Crippen LogP) is 7.28. The second kappa shape index (κ2) is 12.4. The van der Waals surface area contributed by atoms with E-state index in [0.29, 0.717) is 55.1 Å². The Bertz CT molecular complexity index is 1950. The van der Waals surface area contributed by atoms with E-state index in [9.17, 15) is 14.7 Å². The number of ether oxygens (including phenoxy) is 1. The molecule has 1 aliphatic rings. The number of rotatable bonds is 9. The molecule has 0 bridgehead atoms. The van der Waals surface area contributed by atoms with Crippen LogP contribution in [0.5, 0.6) is 5.75 Å². The zero-order chi connectivity index (χ0) is 31.0. The number of halogens is 2. The van der Waals surface area contributed by atoms with Gasteiger partial charge in [-0.2, -0.15) is 0 Å². The van der Waals surface area contributed by atoms with Gasteiger partial charge in [0.2, 0.25) is 5.13 Å². The number of hydrogen-bond acceptors (Lipinski definition) is 9. The first-order valence-corrected chi connectivity index (χ1v) is 15.8. The fourth-order valence-corrected chi connectivity index (χ4v) is 7.34. The number of carbonyl (C=O) groups is 2. The van der Waals surface area contributed by atoms with Crippen LogP contribution in [0, 0.1) is 6.92 Å². The molecule has 6 rings (SSSR count). The number of nitrogens with zero attached hydrogens (tertiary/aromatic N) is 5. The van der Waals surface area contributed by atoms with Crippen LogP contribution in [0.3, 0.4) is 0 Å². The third kappa shape index (κ3) is 5.59. The fraction of sp³-hybridized carbons (Fsp3) is 0.129. The number of hydrogen-bond donors (Lipinski definition) is 1. The largest absolute Gasteiger partial charge is 0.505 e. The van der Waals surface area contributed by atoms with Gasteiger partial charge in [0.25, 0.3) is 5.78 Å². The van der Waals surface area contributed by atoms with E-state index in [0.717, 1.165) is 16.9 Å². The molecular formula is C31H23Cl2N5O4S2. The second-order valence-electron chi connectivity index (χ2n) is 9.69. The van der Waals surface area contributed by atoms with Gasteiger partial charge in [0.05, 0.1) is 17.3 Å². The predicted molar refractivity (Wildman–Crippen MR) is 173 cm³/mol. The Hall–Kier alpha value is -4.16. The number of pyridine rings is 1. The zero-order valence-electron chi connectivity index (χ0n) is 23.1. The number of aliphatic hydroxyl groups is 1. The summed E-state index contributed by atoms with van der Waals surface area (Å²) in [5.74, 6) is -0.938. The molecule has 44 heavy (non-hydrogen) atoms. The van der Waals surface area contributed by atoms with Crippen molar-refractivity contribution in [3.8, 4) is 5.75 Å². The van der Waals surface area contributed by atoms with Gasteiger partial charge >= 0.3 is 5.91 Å². The highest BCUT2D eigenvalue weighted by atomic mass is 35.5. The molecule has 9 nitrogen and oxygen atoms in total. The van der Waals surface area contributed by atoms with Crippen molar-refractivity contribution < 1.29 is 19.4 Å². The van der Waals surface area contributed by atoms with Gasteiger partial charge in [-0.3, -0.25) is 18.9 Å². The van der Waals surface area contributed by atoms with Crippen LogP contribution in [0.15, 0.2) is 89.4 Å². The Labute approximate surface area is 270 Å². The highest BCUT2D eigenvalue weighted by Gasteiger charge is 2.49. The standard InChI is InChI=1S/C31H23Cl2N5O4S2/c1-3-14-42-21-11-8-18(9-12-21)26-24(27(39)25-17(2)34-23-6-4-5-13-37(23)25)28(40)29(41)38(26)30-35-36-31(44-30)43-16-19-7-10-20(32)15-22(19)33/h3-13,15,26,39H,1,14,16H2,2H3. The molecular weight excluding hydrogens is 641 g/mol. The Morgan fingerprint density at radius 3 is 2.68 bits per heavy atom. The summed E-state index contributed by atoms with van der Waals surface area (Å²) in [5.41, 5.74) is 2.76. The SMILES string of the molecule is C=CCOc1ccc(C2C(=C(O)c3c(C)nc4ccccn34)C(=O)C(=O)N2c2nnc(SCc3ccc(Cl)cc3Cl)s2)cc1. The summed E-state index contributed by atoms with van der Waals surface area (Å²) in [4.78, 5) is 33.2. The molecule has 5 aromatic rings. The van der Waals surface area contributed by atoms with E-state index in [4.69, 9.17) is 27.9 Å². The Balaban J connectivity index is 1.42. The molecule has 0 aliphatic carbocycles. The molecule has 1 atom stereocenters. The summed E-state index contributed by atoms with van der Waals surface area (Å²) in [7, 11) is 0. The molecule has 4 heterocycles. The van der Waals surface area contributed by atoms with Crippen LogP contribution in [0.25, 0.3) is 11.4 Å². The summed E-state index contributed by atoms with van der Waals surface area (Å²) >= 11 is 14.9. The van der Waals surface area contributed by atoms with Crippen LogP contribution < -0.4 is 9.64 Å². The van der Waals surface area contributed by atoms with Gasteiger partial charge in [-0.05, 0) is 54.4 Å². The third-order valence-corrected chi connectivity index (χ3v) is 9.60. The van der Waals surface area contributed by atoms with Crippen molar-refractivity contribution in [2.45, 2.75) is 23.1 Å². The van der Waals surface area contributed by atoms with Crippen molar-refractivity contribution in [1.29, 1.82) is 0 Å². The molecule has 1 fully saturated rings. The number of aliphatic hydroxyl groups excluding tert-OH is 1. The lowest BCUT2D eigenvalue weighted by atomic mass is 9.96. The molecule has 222 valence electrons. The normalized spacial score (nSPS) is 16.2. The first-order chi connectivity index (χ1) is 21.3. The topological polar surface area (TPSA) is 110 Å². The van der Waals surface area contributed by atoms with Crippen LogP contribution in [-0.4, -0.2) is 43.0 Å². The van der Waals surface area contributed by atoms with Gasteiger partial charge in [-0.15, -0.1) is 10.2 Å². The summed E-state index contributed by atoms with van der Waals surface area (Å²) in [6, 6.07) is 16.6. The number of carbonyl (C=O) groups excluding carboxylic acids is 2. The van der Waals surface area contributed by atoms with Crippen LogP contribution in [0.1, 0.15) is 28.6 Å². The third-order valence-electron chi connectivity index (χ3n) is 6.90. The molecule has 1 unspecified atom stereocenters. The highest BCUT2D eigenvalue weighted by Crippen LogP contribution is 2.45. The van der Waals surface area contributed by atoms with Gasteiger partial charge < -0.3 is 9.84 Å². The molecule has 0 saturated carbocycles. The van der Waals surface area contributed by atoms with Gasteiger partial charge in [-0.25, -0.2) is 4.98 Å². The number of aromatic nitrogens is 4. The van der Waals surface area contributed by atoms with Crippen molar-refractivity contribution in [1.82, 2.24) is 19.6 Å². The second-order valence-corrected chi connectivity index (χ2v) is 12.7. The minimum absolute atomic E-state index is 0.0825. The molecule has 3 aromatic heterocycles. The van der Waals surface area contributed by atoms with Gasteiger partial charge in [0.15, 0.2) is 10.1 Å². The summed E-state index contributed by atoms with van der Waals surface area (Å²) < 4.78 is 7.88. The summed E-state index contributed by atoms with van der Waals surface area (Å²) in [6.07, 6.45) is 3.37. The number of ketones is 1. The minimum Gasteiger partial charge on any atom is -0.505 e. The van der Waals surface area contributed by atoms with Crippen molar-refractivity contribution >= 4 is 74.5 Å². The van der Waals surface area contributed by atoms with Crippen molar-refractivity contribution in [3.63, 3.8) is 0 Å². The average Bonchev–Trinajstić information content (AvgIpc) is 3.69. The number of imidazole rings is 1. The molecule has 1 amide bonds. The number of aryl methyl sites for hydroxylation is 1. The lowest BCUT2D eigenvalue weighted by Crippen LogP contribution is -2.29. The van der Waals surface area contributed by atoms with E-state index in [1.165, 1.54) is 16.7 Å². The van der Waals surface area contributed by atoms with Gasteiger partial charge in [-0.1, -0.05) is 83.2 Å². The van der Waals surface area contributed by atoms with Crippen molar-refractivity contribution in [2.75, 3.05) is 11.5 Å². The van der Waals surface area contributed by atoms with Crippen molar-refractivity contribution in [2.24, 2.45) is 0 Å². The van der Waals surface area contributed by atoms with Gasteiger partial charge in [0.1, 0.15) is 23.7 Å². The van der Waals surface area contributed by atoms with E-state index in [-0.39, 0.29) is 16.5 Å². The van der Waals surface area contributed by atoms with Crippen LogP contribution in [0.4, 0.5) is 5.13 Å². The average molecular weight is 665 g/mol. The minimum atomic E-state index is -0.992. The highest BCUT2D eigenvalue weighted by molar-refractivity contribution is 8.00. The molecule has 1 aliphatic heterocycles. The van der Waals surface area contributed by atoms with E-state index in [1.807, 2.05) is 12.1 Å². The number of benzene rings is 2. The van der Waals surface area contributed by atoms with Crippen molar-refractivity contribution in [3.05, 3.63) is 118 Å². The molecule has 13 heteroatoms. The van der Waals surface area contributed by atoms with Crippen LogP contribution >= 0.6 is 46.3 Å². The number of thioether (sulfide) groups is 1. The van der Waals surface area contributed by atoms with Crippen LogP contribution in [0.2, 0.25) is 10.0 Å². The smallest absolute Gasteiger partial charge is 0.301 e. The van der Waals surface area contributed by atoms with Gasteiger partial charge in [0, 0.05) is 22.0 Å². The maximum atomic E-state index is 13.7. The Morgan fingerprint density at radius 1 is 1.14 bits per heavy atom. The summed E-state index contributed by atoms with van der Waals surface area (Å²) in [5, 5.41) is 21.6. The Kier molecular flexibility index (Phi) is 8.46. The molecule has 0 spiro atoms.